The second kappa shape index (κ2) is 6.01. The molecule has 0 amide bonds. The molecule has 0 aliphatic heterocycles. The summed E-state index contributed by atoms with van der Waals surface area (Å²) in [4.78, 5) is 0. The summed E-state index contributed by atoms with van der Waals surface area (Å²) >= 11 is 5.59. The van der Waals surface area contributed by atoms with Gasteiger partial charge in [0.15, 0.2) is 0 Å². The number of rotatable bonds is 4. The lowest BCUT2D eigenvalue weighted by Gasteiger charge is -2.03. The molecule has 0 fully saturated rings. The third-order valence-corrected chi connectivity index (χ3v) is 3.01. The fourth-order valence-electron chi connectivity index (χ4n) is 2.12. The lowest BCUT2D eigenvalue weighted by Crippen LogP contribution is -1.94. The minimum atomic E-state index is -0.247. The summed E-state index contributed by atoms with van der Waals surface area (Å²) in [5, 5.41) is 11.6. The Hall–Kier alpha value is -1.94. The van der Waals surface area contributed by atoms with E-state index >= 15 is 0 Å². The van der Waals surface area contributed by atoms with Gasteiger partial charge < -0.3 is 0 Å². The molecule has 0 aliphatic rings. The van der Waals surface area contributed by atoms with Gasteiger partial charge in [-0.25, -0.2) is 4.39 Å². The predicted molar refractivity (Wildman–Crippen MR) is 79.6 cm³/mol. The number of halogens is 2. The van der Waals surface area contributed by atoms with Crippen LogP contribution in [0.15, 0.2) is 36.5 Å². The number of nitrogens with zero attached hydrogens (tertiary/aromatic N) is 2. The van der Waals surface area contributed by atoms with E-state index in [0.29, 0.717) is 6.42 Å². The van der Waals surface area contributed by atoms with Gasteiger partial charge in [0.25, 0.3) is 0 Å². The monoisotopic (exact) mass is 291 g/mol. The highest BCUT2D eigenvalue weighted by molar-refractivity contribution is 6.68. The Morgan fingerprint density at radius 3 is 2.90 bits per heavy atom. The molecule has 2 aromatic rings. The molecule has 0 spiro atoms. The molecule has 0 aliphatic carbocycles. The lowest BCUT2D eigenvalue weighted by molar-refractivity contribution is 0.626. The Balaban J connectivity index is 2.35. The number of nitrogens with one attached hydrogen (secondary N) is 1. The third-order valence-electron chi connectivity index (χ3n) is 2.90. The van der Waals surface area contributed by atoms with Crippen molar-refractivity contribution in [1.29, 1.82) is 5.41 Å². The highest BCUT2D eigenvalue weighted by atomic mass is 35.5. The van der Waals surface area contributed by atoms with Crippen LogP contribution >= 0.6 is 11.6 Å². The molecule has 1 N–H and O–H groups in total. The molecular weight excluding hydrogens is 277 g/mol. The molecule has 0 unspecified atom stereocenters. The van der Waals surface area contributed by atoms with E-state index in [1.807, 2.05) is 26.2 Å². The molecule has 3 nitrogen and oxygen atoms in total. The van der Waals surface area contributed by atoms with Crippen molar-refractivity contribution in [2.24, 2.45) is 7.05 Å². The second-order valence-electron chi connectivity index (χ2n) is 4.66. The van der Waals surface area contributed by atoms with Crippen LogP contribution in [0.2, 0.25) is 0 Å². The van der Waals surface area contributed by atoms with Crippen LogP contribution in [-0.4, -0.2) is 15.0 Å². The van der Waals surface area contributed by atoms with Crippen LogP contribution in [0.4, 0.5) is 4.39 Å². The highest BCUT2D eigenvalue weighted by Crippen LogP contribution is 2.20. The molecule has 0 bridgehead atoms. The van der Waals surface area contributed by atoms with Crippen LogP contribution in [0.3, 0.4) is 0 Å². The van der Waals surface area contributed by atoms with Crippen LogP contribution in [0.1, 0.15) is 23.7 Å². The summed E-state index contributed by atoms with van der Waals surface area (Å²) in [7, 11) is 1.83. The first-order valence-electron chi connectivity index (χ1n) is 6.15. The van der Waals surface area contributed by atoms with E-state index in [1.54, 1.807) is 16.8 Å². The van der Waals surface area contributed by atoms with Crippen molar-refractivity contribution in [2.75, 3.05) is 0 Å². The van der Waals surface area contributed by atoms with Crippen molar-refractivity contribution < 1.29 is 4.39 Å². The lowest BCUT2D eigenvalue weighted by atomic mass is 10.0. The summed E-state index contributed by atoms with van der Waals surface area (Å²) in [5.74, 6) is -0.247. The van der Waals surface area contributed by atoms with Crippen molar-refractivity contribution >= 4 is 22.3 Å². The molecule has 0 atom stereocenters. The standard InChI is InChI=1S/C15H15ClFN3/c1-10(6-14(16)18)15-12(9-20(2)19-15)7-11-4-3-5-13(17)8-11/h3-6,8-9,18H,7H2,1-2H3/b10-6+,18-14?. The van der Waals surface area contributed by atoms with Gasteiger partial charge in [-0.15, -0.1) is 0 Å². The first kappa shape index (κ1) is 14.5. The minimum absolute atomic E-state index is 0.0372. The number of allylic oxidation sites excluding steroid dienone is 2. The Labute approximate surface area is 122 Å². The number of hydrogen-bond acceptors (Lipinski definition) is 2. The molecule has 2 rings (SSSR count). The van der Waals surface area contributed by atoms with Crippen molar-refractivity contribution in [1.82, 2.24) is 9.78 Å². The van der Waals surface area contributed by atoms with Gasteiger partial charge in [-0.2, -0.15) is 5.10 Å². The number of aromatic nitrogens is 2. The largest absolute Gasteiger partial charge is 0.289 e. The first-order chi connectivity index (χ1) is 9.45. The predicted octanol–water partition coefficient (Wildman–Crippen LogP) is 3.77. The summed E-state index contributed by atoms with van der Waals surface area (Å²) in [6.45, 7) is 1.86. The van der Waals surface area contributed by atoms with E-state index in [2.05, 4.69) is 5.10 Å². The normalized spacial score (nSPS) is 11.7. The van der Waals surface area contributed by atoms with Crippen molar-refractivity contribution in [2.45, 2.75) is 13.3 Å². The molecule has 1 aromatic carbocycles. The van der Waals surface area contributed by atoms with Crippen LogP contribution in [0, 0.1) is 11.2 Å². The highest BCUT2D eigenvalue weighted by Gasteiger charge is 2.11. The summed E-state index contributed by atoms with van der Waals surface area (Å²) in [6.07, 6.45) is 4.04. The minimum Gasteiger partial charge on any atom is -0.289 e. The van der Waals surface area contributed by atoms with E-state index < -0.39 is 0 Å². The Kier molecular flexibility index (Phi) is 4.35. The van der Waals surface area contributed by atoms with Crippen LogP contribution < -0.4 is 0 Å². The van der Waals surface area contributed by atoms with Gasteiger partial charge in [-0.1, -0.05) is 23.7 Å². The molecule has 104 valence electrons. The molecule has 1 aromatic heterocycles. The van der Waals surface area contributed by atoms with Gasteiger partial charge in [0.05, 0.1) is 5.69 Å². The van der Waals surface area contributed by atoms with E-state index in [4.69, 9.17) is 17.0 Å². The molecule has 0 saturated carbocycles. The van der Waals surface area contributed by atoms with Gasteiger partial charge in [0.2, 0.25) is 0 Å². The smallest absolute Gasteiger partial charge is 0.123 e. The maximum absolute atomic E-state index is 13.2. The van der Waals surface area contributed by atoms with Crippen LogP contribution in [0.5, 0.6) is 0 Å². The topological polar surface area (TPSA) is 41.7 Å². The van der Waals surface area contributed by atoms with Crippen molar-refractivity contribution in [3.05, 3.63) is 59.2 Å². The fourth-order valence-corrected chi connectivity index (χ4v) is 2.29. The van der Waals surface area contributed by atoms with E-state index in [9.17, 15) is 4.39 Å². The molecule has 1 heterocycles. The quantitative estimate of drug-likeness (QED) is 0.856. The number of hydrogen-bond donors (Lipinski definition) is 1. The molecule has 0 saturated heterocycles. The van der Waals surface area contributed by atoms with Gasteiger partial charge in [0, 0.05) is 25.2 Å². The zero-order chi connectivity index (χ0) is 14.7. The molecule has 0 radical (unpaired) electrons. The summed E-state index contributed by atoms with van der Waals surface area (Å²) in [5.41, 5.74) is 3.46. The SMILES string of the molecule is C/C(=C\C(=N)Cl)c1nn(C)cc1Cc1cccc(F)c1. The number of aryl methyl sites for hydroxylation is 1. The van der Waals surface area contributed by atoms with Gasteiger partial charge in [-0.3, -0.25) is 10.1 Å². The van der Waals surface area contributed by atoms with E-state index in [-0.39, 0.29) is 11.0 Å². The first-order valence-corrected chi connectivity index (χ1v) is 6.53. The third kappa shape index (κ3) is 3.54. The van der Waals surface area contributed by atoms with Crippen LogP contribution in [0.25, 0.3) is 5.57 Å². The summed E-state index contributed by atoms with van der Waals surface area (Å²) in [6, 6.07) is 6.51. The van der Waals surface area contributed by atoms with Gasteiger partial charge >= 0.3 is 0 Å². The Morgan fingerprint density at radius 1 is 1.50 bits per heavy atom. The molecular formula is C15H15ClFN3. The average Bonchev–Trinajstić information content (AvgIpc) is 2.69. The Bertz CT molecular complexity index is 674. The second-order valence-corrected chi connectivity index (χ2v) is 5.07. The average molecular weight is 292 g/mol. The fraction of sp³-hybridized carbons (Fsp3) is 0.200. The van der Waals surface area contributed by atoms with Crippen molar-refractivity contribution in [3.63, 3.8) is 0 Å². The van der Waals surface area contributed by atoms with E-state index in [0.717, 1.165) is 22.4 Å². The zero-order valence-corrected chi connectivity index (χ0v) is 12.1. The zero-order valence-electron chi connectivity index (χ0n) is 11.3. The number of benzene rings is 1. The van der Waals surface area contributed by atoms with Gasteiger partial charge in [-0.05, 0) is 36.3 Å². The maximum Gasteiger partial charge on any atom is 0.123 e. The Morgan fingerprint density at radius 2 is 2.25 bits per heavy atom. The van der Waals surface area contributed by atoms with Gasteiger partial charge in [0.1, 0.15) is 11.0 Å². The van der Waals surface area contributed by atoms with E-state index in [1.165, 1.54) is 12.1 Å². The summed E-state index contributed by atoms with van der Waals surface area (Å²) < 4.78 is 14.9. The molecule has 5 heteroatoms. The molecule has 20 heavy (non-hydrogen) atoms. The maximum atomic E-state index is 13.2. The van der Waals surface area contributed by atoms with Crippen LogP contribution in [-0.2, 0) is 13.5 Å². The van der Waals surface area contributed by atoms with Crippen molar-refractivity contribution in [3.8, 4) is 0 Å².